The van der Waals surface area contributed by atoms with Crippen molar-refractivity contribution >= 4 is 35.2 Å². The summed E-state index contributed by atoms with van der Waals surface area (Å²) in [5.74, 6) is -2.45. The zero-order valence-corrected chi connectivity index (χ0v) is 36.1. The van der Waals surface area contributed by atoms with Crippen LogP contribution in [-0.2, 0) is 44.9 Å². The summed E-state index contributed by atoms with van der Waals surface area (Å²) in [6.45, 7) is 15.7. The minimum absolute atomic E-state index is 0.00102. The number of ether oxygens (including phenoxy) is 2. The number of anilines is 1. The van der Waals surface area contributed by atoms with Crippen molar-refractivity contribution in [2.45, 2.75) is 130 Å². The highest BCUT2D eigenvalue weighted by molar-refractivity contribution is 5.90. The first kappa shape index (κ1) is 48.4. The maximum atomic E-state index is 14.2. The number of methoxy groups -OCH3 is 2. The number of nitrogens with zero attached hydrogens (tertiary/aromatic N) is 3. The molecule has 0 aliphatic carbocycles. The van der Waals surface area contributed by atoms with Gasteiger partial charge in [0.2, 0.25) is 23.6 Å². The number of likely N-dealkylation sites (tertiary alicyclic amines) is 1. The van der Waals surface area contributed by atoms with Crippen LogP contribution in [0.5, 0.6) is 0 Å². The van der Waals surface area contributed by atoms with Crippen LogP contribution in [0.1, 0.15) is 86.6 Å². The summed E-state index contributed by atoms with van der Waals surface area (Å²) in [5, 5.41) is 5.77. The van der Waals surface area contributed by atoms with E-state index in [1.54, 1.807) is 62.1 Å². The number of hydrogen-bond acceptors (Lipinski definition) is 10. The van der Waals surface area contributed by atoms with E-state index in [9.17, 15) is 24.0 Å². The van der Waals surface area contributed by atoms with E-state index < -0.39 is 60.1 Å². The highest BCUT2D eigenvalue weighted by atomic mass is 16.7. The first-order valence-corrected chi connectivity index (χ1v) is 20.0. The molecule has 56 heavy (non-hydrogen) atoms. The Labute approximate surface area is 335 Å². The van der Waals surface area contributed by atoms with Gasteiger partial charge in [-0.2, -0.15) is 0 Å². The Balaban J connectivity index is 2.17. The third-order valence-electron chi connectivity index (χ3n) is 11.1. The molecule has 1 aliphatic rings. The summed E-state index contributed by atoms with van der Waals surface area (Å²) in [4.78, 5) is 78.6. The third kappa shape index (κ3) is 13.1. The molecule has 0 saturated carbocycles. The Kier molecular flexibility index (Phi) is 19.7. The first-order chi connectivity index (χ1) is 26.3. The predicted octanol–water partition coefficient (Wildman–Crippen LogP) is 2.97. The van der Waals surface area contributed by atoms with Crippen LogP contribution in [0.3, 0.4) is 0 Å². The molecular formula is C41H71N7O8. The molecule has 0 unspecified atom stereocenters. The van der Waals surface area contributed by atoms with E-state index in [1.807, 2.05) is 60.5 Å². The number of nitrogen functional groups attached to an aromatic ring is 1. The van der Waals surface area contributed by atoms with Crippen LogP contribution in [0.2, 0.25) is 0 Å². The second-order valence-corrected chi connectivity index (χ2v) is 16.2. The fourth-order valence-electron chi connectivity index (χ4n) is 7.71. The van der Waals surface area contributed by atoms with Crippen molar-refractivity contribution in [2.24, 2.45) is 23.7 Å². The molecule has 1 heterocycles. The van der Waals surface area contributed by atoms with Gasteiger partial charge in [0.25, 0.3) is 5.91 Å². The van der Waals surface area contributed by atoms with Gasteiger partial charge in [-0.05, 0) is 69.3 Å². The van der Waals surface area contributed by atoms with Gasteiger partial charge in [-0.25, -0.2) is 5.48 Å². The van der Waals surface area contributed by atoms with Crippen molar-refractivity contribution in [3.8, 4) is 0 Å². The Morgan fingerprint density at radius 3 is 2.02 bits per heavy atom. The number of hydrogen-bond donors (Lipinski definition) is 4. The quantitative estimate of drug-likeness (QED) is 0.101. The molecule has 1 aromatic carbocycles. The van der Waals surface area contributed by atoms with Crippen LogP contribution in [-0.4, -0.2) is 129 Å². The Hall–Kier alpha value is -3.79. The summed E-state index contributed by atoms with van der Waals surface area (Å²) < 4.78 is 11.9. The Morgan fingerprint density at radius 2 is 1.50 bits per heavy atom. The van der Waals surface area contributed by atoms with Gasteiger partial charge >= 0.3 is 0 Å². The average molecular weight is 790 g/mol. The number of nitrogens with two attached hydrogens (primary N) is 1. The topological polar surface area (TPSA) is 185 Å². The predicted molar refractivity (Wildman–Crippen MR) is 217 cm³/mol. The van der Waals surface area contributed by atoms with Crippen molar-refractivity contribution in [1.29, 1.82) is 0 Å². The minimum Gasteiger partial charge on any atom is -0.399 e. The molecule has 5 amide bonds. The molecule has 15 heteroatoms. The van der Waals surface area contributed by atoms with Crippen LogP contribution >= 0.6 is 0 Å². The molecule has 1 aromatic rings. The number of amides is 5. The monoisotopic (exact) mass is 790 g/mol. The molecular weight excluding hydrogens is 718 g/mol. The normalized spacial score (nSPS) is 18.8. The fraction of sp³-hybridized carbons (Fsp3) is 0.732. The van der Waals surface area contributed by atoms with Crippen molar-refractivity contribution in [2.75, 3.05) is 47.6 Å². The third-order valence-corrected chi connectivity index (χ3v) is 11.1. The van der Waals surface area contributed by atoms with Gasteiger partial charge in [0, 0.05) is 33.5 Å². The Bertz CT molecular complexity index is 1420. The molecule has 0 spiro atoms. The van der Waals surface area contributed by atoms with Crippen molar-refractivity contribution in [3.63, 3.8) is 0 Å². The van der Waals surface area contributed by atoms with E-state index >= 15 is 0 Å². The molecule has 1 aliphatic heterocycles. The second kappa shape index (κ2) is 22.8. The van der Waals surface area contributed by atoms with Crippen molar-refractivity contribution in [3.05, 3.63) is 29.8 Å². The molecule has 1 saturated heterocycles. The number of carbonyl (C=O) groups excluding carboxylic acids is 5. The first-order valence-electron chi connectivity index (χ1n) is 20.0. The smallest absolute Gasteiger partial charge is 0.265 e. The van der Waals surface area contributed by atoms with Crippen LogP contribution < -0.4 is 21.8 Å². The molecule has 9 atom stereocenters. The van der Waals surface area contributed by atoms with Crippen molar-refractivity contribution < 1.29 is 38.3 Å². The number of carbonyl (C=O) groups is 5. The van der Waals surface area contributed by atoms with Gasteiger partial charge in [0.15, 0.2) is 0 Å². The summed E-state index contributed by atoms with van der Waals surface area (Å²) in [5.41, 5.74) is 9.53. The van der Waals surface area contributed by atoms with E-state index in [2.05, 4.69) is 16.1 Å². The molecule has 5 N–H and O–H groups in total. The fourth-order valence-corrected chi connectivity index (χ4v) is 7.71. The van der Waals surface area contributed by atoms with Crippen LogP contribution in [0.4, 0.5) is 5.69 Å². The number of benzene rings is 1. The summed E-state index contributed by atoms with van der Waals surface area (Å²) in [6.07, 6.45) is 0.771. The minimum atomic E-state index is -0.900. The number of hydroxylamine groups is 1. The molecule has 1 fully saturated rings. The molecule has 2 rings (SSSR count). The van der Waals surface area contributed by atoms with E-state index in [0.717, 1.165) is 18.4 Å². The van der Waals surface area contributed by atoms with E-state index in [1.165, 1.54) is 7.11 Å². The van der Waals surface area contributed by atoms with Gasteiger partial charge in [-0.3, -0.25) is 33.7 Å². The van der Waals surface area contributed by atoms with Crippen molar-refractivity contribution in [1.82, 2.24) is 30.8 Å². The van der Waals surface area contributed by atoms with Gasteiger partial charge < -0.3 is 35.6 Å². The number of nitrogens with one attached hydrogen (secondary N) is 3. The number of rotatable bonds is 22. The zero-order chi connectivity index (χ0) is 42.4. The summed E-state index contributed by atoms with van der Waals surface area (Å²) in [6, 6.07) is 4.10. The average Bonchev–Trinajstić information content (AvgIpc) is 3.63. The van der Waals surface area contributed by atoms with Crippen LogP contribution in [0.15, 0.2) is 24.3 Å². The summed E-state index contributed by atoms with van der Waals surface area (Å²) >= 11 is 0. The molecule has 0 radical (unpaired) electrons. The standard InChI is InChI=1S/C41H71N7O8/c1-14-26(6)36(47(11)41(53)34(24(2)3)44-40(52)35(25(4)5)46(9)10)32(54-12)22-33(49)48-21-15-16-31(48)37(55-13)27(7)38(50)43-28(8)39(51)45-56-23-29-17-19-30(42)20-18-29/h17-20,24-28,31-32,34-37H,14-16,21-23,42H2,1-13H3,(H,43,50)(H,44,52)(H,45,51)/t26-,27+,28-,31-,32+,34-,35-,36-,37+/m0/s1. The lowest BCUT2D eigenvalue weighted by Gasteiger charge is -2.41. The summed E-state index contributed by atoms with van der Waals surface area (Å²) in [7, 11) is 8.47. The van der Waals surface area contributed by atoms with Crippen LogP contribution in [0.25, 0.3) is 0 Å². The van der Waals surface area contributed by atoms with Crippen LogP contribution in [0, 0.1) is 23.7 Å². The lowest BCUT2D eigenvalue weighted by molar-refractivity contribution is -0.148. The second-order valence-electron chi connectivity index (χ2n) is 16.2. The Morgan fingerprint density at radius 1 is 0.875 bits per heavy atom. The van der Waals surface area contributed by atoms with Gasteiger partial charge in [-0.1, -0.05) is 67.0 Å². The maximum Gasteiger partial charge on any atom is 0.265 e. The van der Waals surface area contributed by atoms with Gasteiger partial charge in [0.05, 0.1) is 49.3 Å². The molecule has 318 valence electrons. The van der Waals surface area contributed by atoms with Gasteiger partial charge in [-0.15, -0.1) is 0 Å². The van der Waals surface area contributed by atoms with E-state index in [4.69, 9.17) is 20.0 Å². The largest absolute Gasteiger partial charge is 0.399 e. The highest BCUT2D eigenvalue weighted by Crippen LogP contribution is 2.30. The van der Waals surface area contributed by atoms with E-state index in [0.29, 0.717) is 18.7 Å². The molecule has 15 nitrogen and oxygen atoms in total. The highest BCUT2D eigenvalue weighted by Gasteiger charge is 2.43. The molecule has 0 aromatic heterocycles. The maximum absolute atomic E-state index is 14.2. The zero-order valence-electron chi connectivity index (χ0n) is 36.1. The lowest BCUT2D eigenvalue weighted by Crippen LogP contribution is -2.59. The van der Waals surface area contributed by atoms with E-state index in [-0.39, 0.29) is 48.5 Å². The lowest BCUT2D eigenvalue weighted by atomic mass is 9.89. The SMILES string of the molecule is CC[C@H](C)[C@@H]([C@@H](CC(=O)N1CCC[C@H]1[C@H](OC)[C@@H](C)C(=O)N[C@@H](C)C(=O)NOCc1ccc(N)cc1)OC)N(C)C(=O)[C@@H](NC(=O)[C@H](C(C)C)N(C)C)C(C)C. The number of likely N-dealkylation sites (N-methyl/N-ethyl adjacent to an activating group) is 2. The molecule has 0 bridgehead atoms. The van der Waals surface area contributed by atoms with Gasteiger partial charge in [0.1, 0.15) is 12.1 Å².